The van der Waals surface area contributed by atoms with Crippen molar-refractivity contribution in [2.45, 2.75) is 26.4 Å². The highest BCUT2D eigenvalue weighted by atomic mass is 16.5. The lowest BCUT2D eigenvalue weighted by Gasteiger charge is -2.11. The molecular formula is C13H17NO3. The molecule has 0 saturated heterocycles. The van der Waals surface area contributed by atoms with Crippen molar-refractivity contribution in [1.82, 2.24) is 5.32 Å². The summed E-state index contributed by atoms with van der Waals surface area (Å²) in [5.74, 6) is -0.685. The zero-order valence-corrected chi connectivity index (χ0v) is 10.1. The third-order valence-corrected chi connectivity index (χ3v) is 2.34. The molecule has 0 unspecified atom stereocenters. The van der Waals surface area contributed by atoms with Crippen LogP contribution in [0.2, 0.25) is 0 Å². The number of hydrogen-bond donors (Lipinski definition) is 1. The molecular weight excluding hydrogens is 218 g/mol. The second-order valence-electron chi connectivity index (χ2n) is 3.76. The van der Waals surface area contributed by atoms with E-state index in [0.29, 0.717) is 5.56 Å². The lowest BCUT2D eigenvalue weighted by Crippen LogP contribution is -2.31. The van der Waals surface area contributed by atoms with Gasteiger partial charge in [0.2, 0.25) is 0 Å². The molecule has 1 atom stereocenters. The van der Waals surface area contributed by atoms with Crippen molar-refractivity contribution in [2.24, 2.45) is 0 Å². The van der Waals surface area contributed by atoms with E-state index < -0.39 is 5.97 Å². The smallest absolute Gasteiger partial charge is 0.325 e. The summed E-state index contributed by atoms with van der Waals surface area (Å²) in [5.41, 5.74) is 0.531. The van der Waals surface area contributed by atoms with Gasteiger partial charge in [0.15, 0.2) is 0 Å². The summed E-state index contributed by atoms with van der Waals surface area (Å²) in [7, 11) is 0. The molecule has 4 heteroatoms. The first kappa shape index (κ1) is 13.2. The van der Waals surface area contributed by atoms with Gasteiger partial charge in [-0.05, 0) is 25.5 Å². The fourth-order valence-corrected chi connectivity index (χ4v) is 1.19. The normalized spacial score (nSPS) is 11.6. The molecule has 0 aliphatic carbocycles. The van der Waals surface area contributed by atoms with Gasteiger partial charge < -0.3 is 10.1 Å². The number of ether oxygens (including phenoxy) is 1. The highest BCUT2D eigenvalue weighted by Gasteiger charge is 2.10. The van der Waals surface area contributed by atoms with Gasteiger partial charge in [-0.2, -0.15) is 0 Å². The van der Waals surface area contributed by atoms with Crippen LogP contribution in [0.1, 0.15) is 30.6 Å². The maximum Gasteiger partial charge on any atom is 0.325 e. The number of esters is 1. The third kappa shape index (κ3) is 4.68. The highest BCUT2D eigenvalue weighted by Crippen LogP contribution is 1.98. The second kappa shape index (κ2) is 6.68. The van der Waals surface area contributed by atoms with Crippen LogP contribution in [0.3, 0.4) is 0 Å². The number of carbonyl (C=O) groups is 2. The highest BCUT2D eigenvalue weighted by molar-refractivity contribution is 5.95. The van der Waals surface area contributed by atoms with Crippen LogP contribution in [0.25, 0.3) is 0 Å². The predicted octanol–water partition coefficient (Wildman–Crippen LogP) is 1.76. The Labute approximate surface area is 101 Å². The molecule has 0 aliphatic heterocycles. The molecule has 0 fully saturated rings. The van der Waals surface area contributed by atoms with E-state index >= 15 is 0 Å². The Morgan fingerprint density at radius 3 is 2.53 bits per heavy atom. The quantitative estimate of drug-likeness (QED) is 0.791. The number of nitrogens with one attached hydrogen (secondary N) is 1. The summed E-state index contributed by atoms with van der Waals surface area (Å²) < 4.78 is 5.03. The van der Waals surface area contributed by atoms with E-state index in [1.807, 2.05) is 19.9 Å². The molecule has 0 saturated carbocycles. The molecule has 0 aliphatic rings. The third-order valence-electron chi connectivity index (χ3n) is 2.34. The van der Waals surface area contributed by atoms with Gasteiger partial charge in [0.25, 0.3) is 5.91 Å². The molecule has 1 N–H and O–H groups in total. The molecule has 1 rings (SSSR count). The van der Waals surface area contributed by atoms with Crippen LogP contribution in [0.5, 0.6) is 0 Å². The fraction of sp³-hybridized carbons (Fsp3) is 0.385. The second-order valence-corrected chi connectivity index (χ2v) is 3.76. The van der Waals surface area contributed by atoms with E-state index in [0.717, 1.165) is 6.42 Å². The Morgan fingerprint density at radius 1 is 1.29 bits per heavy atom. The Bertz CT molecular complexity index is 376. The van der Waals surface area contributed by atoms with Crippen LogP contribution >= 0.6 is 0 Å². The molecule has 1 amide bonds. The zero-order valence-electron chi connectivity index (χ0n) is 10.1. The van der Waals surface area contributed by atoms with Crippen LogP contribution in [0, 0.1) is 0 Å². The number of amides is 1. The monoisotopic (exact) mass is 235 g/mol. The molecule has 4 nitrogen and oxygen atoms in total. The van der Waals surface area contributed by atoms with Crippen molar-refractivity contribution in [2.75, 3.05) is 6.54 Å². The van der Waals surface area contributed by atoms with E-state index in [4.69, 9.17) is 4.74 Å². The van der Waals surface area contributed by atoms with Crippen molar-refractivity contribution >= 4 is 11.9 Å². The van der Waals surface area contributed by atoms with E-state index in [1.54, 1.807) is 24.3 Å². The van der Waals surface area contributed by atoms with Crippen LogP contribution < -0.4 is 5.32 Å². The fourth-order valence-electron chi connectivity index (χ4n) is 1.19. The molecule has 1 aromatic rings. The van der Waals surface area contributed by atoms with Crippen LogP contribution in [-0.2, 0) is 9.53 Å². The predicted molar refractivity (Wildman–Crippen MR) is 64.6 cm³/mol. The van der Waals surface area contributed by atoms with Crippen LogP contribution in [-0.4, -0.2) is 24.5 Å². The molecule has 17 heavy (non-hydrogen) atoms. The SMILES string of the molecule is CC[C@H](C)OC(=O)CNC(=O)c1ccccc1. The molecule has 0 bridgehead atoms. The molecule has 92 valence electrons. The maximum atomic E-state index is 11.6. The van der Waals surface area contributed by atoms with Gasteiger partial charge in [0, 0.05) is 5.56 Å². The molecule has 0 aromatic heterocycles. The first-order valence-corrected chi connectivity index (χ1v) is 5.66. The van der Waals surface area contributed by atoms with Gasteiger partial charge >= 0.3 is 5.97 Å². The van der Waals surface area contributed by atoms with Gasteiger partial charge in [-0.15, -0.1) is 0 Å². The van der Waals surface area contributed by atoms with Gasteiger partial charge in [-0.1, -0.05) is 25.1 Å². The van der Waals surface area contributed by atoms with Gasteiger partial charge in [0.05, 0.1) is 6.10 Å². The minimum Gasteiger partial charge on any atom is -0.461 e. The average molecular weight is 235 g/mol. The minimum atomic E-state index is -0.413. The number of benzene rings is 1. The van der Waals surface area contributed by atoms with E-state index in [-0.39, 0.29) is 18.6 Å². The first-order valence-electron chi connectivity index (χ1n) is 5.66. The van der Waals surface area contributed by atoms with Crippen molar-refractivity contribution in [3.63, 3.8) is 0 Å². The lowest BCUT2D eigenvalue weighted by molar-refractivity contribution is -0.147. The molecule has 0 spiro atoms. The van der Waals surface area contributed by atoms with E-state index in [9.17, 15) is 9.59 Å². The zero-order chi connectivity index (χ0) is 12.7. The van der Waals surface area contributed by atoms with Crippen molar-refractivity contribution in [3.05, 3.63) is 35.9 Å². The number of carbonyl (C=O) groups excluding carboxylic acids is 2. The first-order chi connectivity index (χ1) is 8.13. The Balaban J connectivity index is 2.36. The summed E-state index contributed by atoms with van der Waals surface area (Å²) >= 11 is 0. The summed E-state index contributed by atoms with van der Waals surface area (Å²) in [6.45, 7) is 3.65. The Kier molecular flexibility index (Phi) is 5.20. The van der Waals surface area contributed by atoms with E-state index in [1.165, 1.54) is 0 Å². The van der Waals surface area contributed by atoms with Crippen molar-refractivity contribution < 1.29 is 14.3 Å². The lowest BCUT2D eigenvalue weighted by atomic mass is 10.2. The summed E-state index contributed by atoms with van der Waals surface area (Å²) in [4.78, 5) is 22.9. The van der Waals surface area contributed by atoms with Crippen LogP contribution in [0.4, 0.5) is 0 Å². The molecule has 0 heterocycles. The summed E-state index contributed by atoms with van der Waals surface area (Å²) in [5, 5.41) is 2.51. The average Bonchev–Trinajstić information content (AvgIpc) is 2.36. The van der Waals surface area contributed by atoms with E-state index in [2.05, 4.69) is 5.32 Å². The minimum absolute atomic E-state index is 0.0991. The molecule has 1 aromatic carbocycles. The Morgan fingerprint density at radius 2 is 1.94 bits per heavy atom. The van der Waals surface area contributed by atoms with Gasteiger partial charge in [-0.3, -0.25) is 9.59 Å². The molecule has 0 radical (unpaired) electrons. The maximum absolute atomic E-state index is 11.6. The number of rotatable bonds is 5. The van der Waals surface area contributed by atoms with Crippen molar-refractivity contribution in [3.8, 4) is 0 Å². The standard InChI is InChI=1S/C13H17NO3/c1-3-10(2)17-12(15)9-14-13(16)11-7-5-4-6-8-11/h4-8,10H,3,9H2,1-2H3,(H,14,16)/t10-/m0/s1. The van der Waals surface area contributed by atoms with Gasteiger partial charge in [-0.25, -0.2) is 0 Å². The van der Waals surface area contributed by atoms with Gasteiger partial charge in [0.1, 0.15) is 6.54 Å². The van der Waals surface area contributed by atoms with Crippen molar-refractivity contribution in [1.29, 1.82) is 0 Å². The largest absolute Gasteiger partial charge is 0.461 e. The summed E-state index contributed by atoms with van der Waals surface area (Å²) in [6.07, 6.45) is 0.648. The van der Waals surface area contributed by atoms with Crippen LogP contribution in [0.15, 0.2) is 30.3 Å². The topological polar surface area (TPSA) is 55.4 Å². The summed E-state index contributed by atoms with van der Waals surface area (Å²) in [6, 6.07) is 8.75. The number of hydrogen-bond acceptors (Lipinski definition) is 3. The Hall–Kier alpha value is -1.84.